The second-order valence-corrected chi connectivity index (χ2v) is 2.48. The Hall–Kier alpha value is -0.650. The molecule has 64 valence electrons. The van der Waals surface area contributed by atoms with Gasteiger partial charge in [-0.2, -0.15) is 0 Å². The highest BCUT2D eigenvalue weighted by Gasteiger charge is 2.36. The lowest BCUT2D eigenvalue weighted by atomic mass is 10.0. The van der Waals surface area contributed by atoms with Crippen molar-refractivity contribution in [2.45, 2.75) is 24.7 Å². The summed E-state index contributed by atoms with van der Waals surface area (Å²) in [4.78, 5) is 10.3. The summed E-state index contributed by atoms with van der Waals surface area (Å²) in [5.41, 5.74) is 0. The van der Waals surface area contributed by atoms with Gasteiger partial charge in [-0.15, -0.1) is 0 Å². The second-order valence-electron chi connectivity index (χ2n) is 2.48. The summed E-state index contributed by atoms with van der Waals surface area (Å²) >= 11 is 0. The van der Waals surface area contributed by atoms with Gasteiger partial charge in [0, 0.05) is 0 Å². The van der Waals surface area contributed by atoms with Gasteiger partial charge in [0.2, 0.25) is 0 Å². The lowest BCUT2D eigenvalue weighted by Crippen LogP contribution is -2.48. The molecule has 0 aromatic rings. The van der Waals surface area contributed by atoms with Crippen LogP contribution in [0.3, 0.4) is 0 Å². The molecule has 0 amide bonds. The summed E-state index contributed by atoms with van der Waals surface area (Å²) in [6, 6.07) is 0. The van der Waals surface area contributed by atoms with Crippen LogP contribution in [0, 0.1) is 0 Å². The van der Waals surface area contributed by atoms with Gasteiger partial charge in [-0.05, 0) is 6.42 Å². The van der Waals surface area contributed by atoms with Gasteiger partial charge in [0.1, 0.15) is 6.10 Å². The number of carbonyl (C=O) groups is 1. The summed E-state index contributed by atoms with van der Waals surface area (Å²) in [5.74, 6) is -1.24. The minimum atomic E-state index is -1.30. The van der Waals surface area contributed by atoms with E-state index in [0.717, 1.165) is 0 Å². The molecule has 3 atom stereocenters. The molecule has 0 bridgehead atoms. The Morgan fingerprint density at radius 2 is 2.09 bits per heavy atom. The Kier molecular flexibility index (Phi) is 2.43. The van der Waals surface area contributed by atoms with E-state index in [4.69, 9.17) is 20.1 Å². The highest BCUT2D eigenvalue weighted by molar-refractivity contribution is 5.73. The van der Waals surface area contributed by atoms with Crippen LogP contribution in [0.1, 0.15) is 6.42 Å². The third-order valence-corrected chi connectivity index (χ3v) is 1.66. The van der Waals surface area contributed by atoms with E-state index in [1.54, 1.807) is 0 Å². The average Bonchev–Trinajstić information content (AvgIpc) is 1.94. The van der Waals surface area contributed by atoms with Crippen molar-refractivity contribution >= 4 is 5.97 Å². The molecule has 0 radical (unpaired) electrons. The summed E-state index contributed by atoms with van der Waals surface area (Å²) in [6.45, 7) is 0.176. The number of carboxylic acids is 1. The smallest absolute Gasteiger partial charge is 0.335 e. The number of aliphatic hydroxyl groups excluding tert-OH is 2. The van der Waals surface area contributed by atoms with Crippen LogP contribution < -0.4 is 0 Å². The predicted octanol–water partition coefficient (Wildman–Crippen LogP) is -1.42. The molecule has 1 aliphatic heterocycles. The number of aliphatic carboxylic acids is 1. The fourth-order valence-corrected chi connectivity index (χ4v) is 1.00. The third kappa shape index (κ3) is 1.68. The lowest BCUT2D eigenvalue weighted by Gasteiger charge is -2.28. The Bertz CT molecular complexity index is 157. The van der Waals surface area contributed by atoms with Crippen LogP contribution >= 0.6 is 0 Å². The Balaban J connectivity index is 2.58. The number of hydrogen-bond acceptors (Lipinski definition) is 4. The summed E-state index contributed by atoms with van der Waals surface area (Å²) in [7, 11) is 0. The van der Waals surface area contributed by atoms with Crippen molar-refractivity contribution in [3.8, 4) is 0 Å². The van der Waals surface area contributed by atoms with Crippen LogP contribution in [0.2, 0.25) is 0 Å². The van der Waals surface area contributed by atoms with Crippen molar-refractivity contribution in [2.75, 3.05) is 6.61 Å². The minimum absolute atomic E-state index is 0.176. The molecule has 1 rings (SSSR count). The number of aliphatic hydroxyl groups is 2. The first kappa shape index (κ1) is 8.45. The van der Waals surface area contributed by atoms with E-state index in [-0.39, 0.29) is 13.0 Å². The average molecular weight is 162 g/mol. The van der Waals surface area contributed by atoms with Crippen molar-refractivity contribution in [1.29, 1.82) is 0 Å². The predicted molar refractivity (Wildman–Crippen MR) is 34.0 cm³/mol. The van der Waals surface area contributed by atoms with Gasteiger partial charge in [-0.3, -0.25) is 0 Å². The van der Waals surface area contributed by atoms with Crippen LogP contribution in [0.15, 0.2) is 0 Å². The molecule has 3 unspecified atom stereocenters. The van der Waals surface area contributed by atoms with Gasteiger partial charge < -0.3 is 20.1 Å². The molecule has 11 heavy (non-hydrogen) atoms. The van der Waals surface area contributed by atoms with E-state index in [1.807, 2.05) is 0 Å². The second kappa shape index (κ2) is 3.17. The van der Waals surface area contributed by atoms with Gasteiger partial charge in [0.15, 0.2) is 6.10 Å². The van der Waals surface area contributed by atoms with Crippen LogP contribution in [-0.2, 0) is 9.53 Å². The molecular weight excluding hydrogens is 152 g/mol. The monoisotopic (exact) mass is 162 g/mol. The summed E-state index contributed by atoms with van der Waals surface area (Å²) < 4.78 is 4.71. The van der Waals surface area contributed by atoms with E-state index in [1.165, 1.54) is 0 Å². The molecule has 0 aromatic carbocycles. The Morgan fingerprint density at radius 1 is 1.45 bits per heavy atom. The molecule has 1 heterocycles. The molecule has 0 aliphatic carbocycles. The van der Waals surface area contributed by atoms with Crippen molar-refractivity contribution in [3.63, 3.8) is 0 Å². The maximum Gasteiger partial charge on any atom is 0.335 e. The largest absolute Gasteiger partial charge is 0.479 e. The van der Waals surface area contributed by atoms with Crippen LogP contribution in [-0.4, -0.2) is 46.2 Å². The molecule has 0 spiro atoms. The first-order valence-corrected chi connectivity index (χ1v) is 3.33. The topological polar surface area (TPSA) is 87.0 Å². The number of rotatable bonds is 1. The zero-order chi connectivity index (χ0) is 8.43. The Labute approximate surface area is 63.2 Å². The number of ether oxygens (including phenoxy) is 1. The van der Waals surface area contributed by atoms with E-state index >= 15 is 0 Å². The molecule has 0 saturated carbocycles. The Morgan fingerprint density at radius 3 is 2.55 bits per heavy atom. The van der Waals surface area contributed by atoms with Crippen molar-refractivity contribution in [2.24, 2.45) is 0 Å². The first-order valence-electron chi connectivity index (χ1n) is 3.33. The summed E-state index contributed by atoms with van der Waals surface area (Å²) in [5, 5.41) is 26.5. The van der Waals surface area contributed by atoms with Crippen molar-refractivity contribution in [3.05, 3.63) is 0 Å². The fraction of sp³-hybridized carbons (Fsp3) is 0.833. The van der Waals surface area contributed by atoms with Crippen molar-refractivity contribution < 1.29 is 24.9 Å². The highest BCUT2D eigenvalue weighted by atomic mass is 16.5. The minimum Gasteiger partial charge on any atom is -0.479 e. The fourth-order valence-electron chi connectivity index (χ4n) is 1.00. The van der Waals surface area contributed by atoms with Gasteiger partial charge in [-0.1, -0.05) is 0 Å². The van der Waals surface area contributed by atoms with Crippen LogP contribution in [0.25, 0.3) is 0 Å². The third-order valence-electron chi connectivity index (χ3n) is 1.66. The van der Waals surface area contributed by atoms with Gasteiger partial charge in [0.25, 0.3) is 0 Å². The zero-order valence-corrected chi connectivity index (χ0v) is 5.80. The number of hydrogen-bond donors (Lipinski definition) is 3. The molecule has 5 heteroatoms. The zero-order valence-electron chi connectivity index (χ0n) is 5.80. The first-order chi connectivity index (χ1) is 5.13. The molecular formula is C6H10O5. The molecule has 1 saturated heterocycles. The molecule has 1 aliphatic rings. The highest BCUT2D eigenvalue weighted by Crippen LogP contribution is 2.14. The maximum atomic E-state index is 10.3. The van der Waals surface area contributed by atoms with Gasteiger partial charge in [0.05, 0.1) is 12.7 Å². The van der Waals surface area contributed by atoms with Crippen LogP contribution in [0.4, 0.5) is 0 Å². The van der Waals surface area contributed by atoms with Crippen LogP contribution in [0.5, 0.6) is 0 Å². The summed E-state index contributed by atoms with van der Waals surface area (Å²) in [6.07, 6.45) is -3.28. The molecule has 3 N–H and O–H groups in total. The van der Waals surface area contributed by atoms with E-state index in [2.05, 4.69) is 0 Å². The van der Waals surface area contributed by atoms with E-state index in [0.29, 0.717) is 0 Å². The normalized spacial score (nSPS) is 38.5. The van der Waals surface area contributed by atoms with Gasteiger partial charge >= 0.3 is 5.97 Å². The van der Waals surface area contributed by atoms with Crippen molar-refractivity contribution in [1.82, 2.24) is 0 Å². The molecule has 5 nitrogen and oxygen atoms in total. The number of carboxylic acid groups (broad SMARTS) is 1. The quantitative estimate of drug-likeness (QED) is 0.440. The SMILES string of the molecule is O=C(O)C1OCCC(O)C1O. The molecule has 0 aromatic heterocycles. The lowest BCUT2D eigenvalue weighted by molar-refractivity contribution is -0.177. The molecule has 1 fully saturated rings. The maximum absolute atomic E-state index is 10.3. The van der Waals surface area contributed by atoms with Gasteiger partial charge in [-0.25, -0.2) is 4.79 Å². The van der Waals surface area contributed by atoms with E-state index in [9.17, 15) is 4.79 Å². The van der Waals surface area contributed by atoms with E-state index < -0.39 is 24.3 Å². The standard InChI is InChI=1S/C6H10O5/c7-3-1-2-11-5(4(3)8)6(9)10/h3-5,7-8H,1-2H2,(H,9,10).